The summed E-state index contributed by atoms with van der Waals surface area (Å²) in [6.07, 6.45) is -0.850. The van der Waals surface area contributed by atoms with Crippen LogP contribution in [0.2, 0.25) is 5.02 Å². The summed E-state index contributed by atoms with van der Waals surface area (Å²) in [6.45, 7) is 0.497. The highest BCUT2D eigenvalue weighted by Gasteiger charge is 2.29. The van der Waals surface area contributed by atoms with Gasteiger partial charge in [-0.25, -0.2) is 8.42 Å². The first-order valence-corrected chi connectivity index (χ1v) is 8.90. The lowest BCUT2D eigenvalue weighted by Gasteiger charge is -2.32. The van der Waals surface area contributed by atoms with E-state index in [-0.39, 0.29) is 31.0 Å². The summed E-state index contributed by atoms with van der Waals surface area (Å²) in [5.41, 5.74) is 0. The van der Waals surface area contributed by atoms with Crippen LogP contribution >= 0.6 is 11.6 Å². The molecular weight excluding hydrogens is 346 g/mol. The van der Waals surface area contributed by atoms with Gasteiger partial charge in [0.15, 0.2) is 9.84 Å². The maximum atomic E-state index is 12.2. The van der Waals surface area contributed by atoms with Crippen molar-refractivity contribution in [2.75, 3.05) is 25.4 Å². The van der Waals surface area contributed by atoms with Gasteiger partial charge in [-0.2, -0.15) is 0 Å². The first kappa shape index (κ1) is 17.7. The molecule has 0 aromatic heterocycles. The molecule has 7 nitrogen and oxygen atoms in total. The summed E-state index contributed by atoms with van der Waals surface area (Å²) < 4.78 is 29.7. The number of carbonyl (C=O) groups is 2. The molecule has 1 aromatic carbocycles. The minimum Gasteiger partial charge on any atom is -0.481 e. The second-order valence-electron chi connectivity index (χ2n) is 5.14. The lowest BCUT2D eigenvalue weighted by molar-refractivity contribution is -0.146. The molecular formula is C14H16ClNO6S. The number of amides is 1. The average Bonchev–Trinajstić information content (AvgIpc) is 2.47. The van der Waals surface area contributed by atoms with Gasteiger partial charge >= 0.3 is 5.97 Å². The van der Waals surface area contributed by atoms with Gasteiger partial charge in [0.05, 0.1) is 24.0 Å². The normalized spacial score (nSPS) is 18.7. The zero-order valence-corrected chi connectivity index (χ0v) is 13.7. The minimum atomic E-state index is -3.77. The minimum absolute atomic E-state index is 0.0191. The summed E-state index contributed by atoms with van der Waals surface area (Å²) in [4.78, 5) is 24.2. The van der Waals surface area contributed by atoms with E-state index in [1.807, 2.05) is 0 Å². The molecule has 1 atom stereocenters. The van der Waals surface area contributed by atoms with E-state index < -0.39 is 33.6 Å². The average molecular weight is 362 g/mol. The van der Waals surface area contributed by atoms with Crippen LogP contribution in [0.1, 0.15) is 6.42 Å². The third-order valence-corrected chi connectivity index (χ3v) is 5.25. The molecule has 1 heterocycles. The van der Waals surface area contributed by atoms with Crippen molar-refractivity contribution in [3.05, 3.63) is 29.3 Å². The molecule has 1 aromatic rings. The molecule has 9 heteroatoms. The van der Waals surface area contributed by atoms with E-state index in [9.17, 15) is 18.0 Å². The molecule has 2 rings (SSSR count). The lowest BCUT2D eigenvalue weighted by Crippen LogP contribution is -2.48. The van der Waals surface area contributed by atoms with Crippen LogP contribution in [0.25, 0.3) is 0 Å². The molecule has 126 valence electrons. The Bertz CT molecular complexity index is 688. The smallest absolute Gasteiger partial charge is 0.306 e. The number of carbonyl (C=O) groups excluding carboxylic acids is 1. The van der Waals surface area contributed by atoms with Crippen molar-refractivity contribution in [1.82, 2.24) is 4.90 Å². The Morgan fingerprint density at radius 3 is 2.57 bits per heavy atom. The van der Waals surface area contributed by atoms with E-state index in [1.165, 1.54) is 29.2 Å². The van der Waals surface area contributed by atoms with Gasteiger partial charge < -0.3 is 14.7 Å². The van der Waals surface area contributed by atoms with Crippen molar-refractivity contribution in [2.45, 2.75) is 17.4 Å². The third-order valence-electron chi connectivity index (χ3n) is 3.38. The van der Waals surface area contributed by atoms with Gasteiger partial charge in [0.2, 0.25) is 5.91 Å². The quantitative estimate of drug-likeness (QED) is 0.833. The van der Waals surface area contributed by atoms with Crippen molar-refractivity contribution in [3.8, 4) is 0 Å². The molecule has 0 saturated carbocycles. The number of morpholine rings is 1. The SMILES string of the molecule is O=C(O)CC1CN(C(=O)CS(=O)(=O)c2ccc(Cl)cc2)CCO1. The number of benzene rings is 1. The number of aliphatic carboxylic acids is 1. The molecule has 1 aliphatic heterocycles. The highest BCUT2D eigenvalue weighted by atomic mass is 35.5. The summed E-state index contributed by atoms with van der Waals surface area (Å²) in [7, 11) is -3.77. The Morgan fingerprint density at radius 2 is 1.96 bits per heavy atom. The molecule has 1 unspecified atom stereocenters. The van der Waals surface area contributed by atoms with Crippen LogP contribution in [0.5, 0.6) is 0 Å². The summed E-state index contributed by atoms with van der Waals surface area (Å²) >= 11 is 5.71. The van der Waals surface area contributed by atoms with Crippen LogP contribution in [0, 0.1) is 0 Å². The molecule has 1 saturated heterocycles. The summed E-state index contributed by atoms with van der Waals surface area (Å²) in [6, 6.07) is 5.57. The molecule has 1 N–H and O–H groups in total. The number of hydrogen-bond donors (Lipinski definition) is 1. The van der Waals surface area contributed by atoms with Crippen LogP contribution < -0.4 is 0 Å². The van der Waals surface area contributed by atoms with Gasteiger partial charge in [0.25, 0.3) is 0 Å². The molecule has 1 aliphatic rings. The number of ether oxygens (including phenoxy) is 1. The monoisotopic (exact) mass is 361 g/mol. The predicted molar refractivity (Wildman–Crippen MR) is 82.1 cm³/mol. The van der Waals surface area contributed by atoms with Crippen LogP contribution in [0.4, 0.5) is 0 Å². The third kappa shape index (κ3) is 4.92. The highest BCUT2D eigenvalue weighted by Crippen LogP contribution is 2.17. The zero-order chi connectivity index (χ0) is 17.0. The maximum absolute atomic E-state index is 12.2. The number of rotatable bonds is 5. The first-order valence-electron chi connectivity index (χ1n) is 6.87. The van der Waals surface area contributed by atoms with E-state index in [2.05, 4.69) is 0 Å². The van der Waals surface area contributed by atoms with E-state index >= 15 is 0 Å². The fourth-order valence-electron chi connectivity index (χ4n) is 2.24. The van der Waals surface area contributed by atoms with Crippen molar-refractivity contribution < 1.29 is 27.9 Å². The summed E-state index contributed by atoms with van der Waals surface area (Å²) in [5.74, 6) is -2.27. The van der Waals surface area contributed by atoms with Gasteiger partial charge in [-0.1, -0.05) is 11.6 Å². The molecule has 0 aliphatic carbocycles. The fourth-order valence-corrected chi connectivity index (χ4v) is 3.59. The van der Waals surface area contributed by atoms with Crippen LogP contribution in [-0.2, 0) is 24.2 Å². The maximum Gasteiger partial charge on any atom is 0.306 e. The van der Waals surface area contributed by atoms with Crippen molar-refractivity contribution in [1.29, 1.82) is 0 Å². The van der Waals surface area contributed by atoms with Crippen LogP contribution in [0.15, 0.2) is 29.2 Å². The standard InChI is InChI=1S/C14H16ClNO6S/c15-10-1-3-12(4-2-10)23(20,21)9-13(17)16-5-6-22-11(8-16)7-14(18)19/h1-4,11H,5-9H2,(H,18,19). The fraction of sp³-hybridized carbons (Fsp3) is 0.429. The van der Waals surface area contributed by atoms with E-state index in [4.69, 9.17) is 21.4 Å². The second-order valence-corrected chi connectivity index (χ2v) is 7.57. The molecule has 1 amide bonds. The Morgan fingerprint density at radius 1 is 1.30 bits per heavy atom. The van der Waals surface area contributed by atoms with Crippen molar-refractivity contribution in [2.24, 2.45) is 0 Å². The van der Waals surface area contributed by atoms with E-state index in [0.29, 0.717) is 5.02 Å². The first-order chi connectivity index (χ1) is 10.8. The Hall–Kier alpha value is -1.64. The van der Waals surface area contributed by atoms with Crippen LogP contribution in [0.3, 0.4) is 0 Å². The largest absolute Gasteiger partial charge is 0.481 e. The predicted octanol–water partition coefficient (Wildman–Crippen LogP) is 0.816. The van der Waals surface area contributed by atoms with Gasteiger partial charge in [-0.15, -0.1) is 0 Å². The van der Waals surface area contributed by atoms with Gasteiger partial charge in [0, 0.05) is 18.1 Å². The number of halogens is 1. The Balaban J connectivity index is 2.03. The van der Waals surface area contributed by atoms with Crippen molar-refractivity contribution >= 4 is 33.3 Å². The molecule has 23 heavy (non-hydrogen) atoms. The number of carboxylic acid groups (broad SMARTS) is 1. The Kier molecular flexibility index (Phi) is 5.61. The van der Waals surface area contributed by atoms with Crippen molar-refractivity contribution in [3.63, 3.8) is 0 Å². The molecule has 0 spiro atoms. The van der Waals surface area contributed by atoms with E-state index in [1.54, 1.807) is 0 Å². The summed E-state index contributed by atoms with van der Waals surface area (Å²) in [5, 5.41) is 9.16. The highest BCUT2D eigenvalue weighted by molar-refractivity contribution is 7.92. The second kappa shape index (κ2) is 7.29. The lowest BCUT2D eigenvalue weighted by atomic mass is 10.2. The van der Waals surface area contributed by atoms with Gasteiger partial charge in [0.1, 0.15) is 5.75 Å². The van der Waals surface area contributed by atoms with Gasteiger partial charge in [-0.05, 0) is 24.3 Å². The Labute approximate surface area is 138 Å². The zero-order valence-electron chi connectivity index (χ0n) is 12.1. The number of sulfone groups is 1. The number of hydrogen-bond acceptors (Lipinski definition) is 5. The van der Waals surface area contributed by atoms with Crippen LogP contribution in [-0.4, -0.2) is 61.9 Å². The number of nitrogens with zero attached hydrogens (tertiary/aromatic N) is 1. The van der Waals surface area contributed by atoms with Gasteiger partial charge in [-0.3, -0.25) is 9.59 Å². The topological polar surface area (TPSA) is 101 Å². The van der Waals surface area contributed by atoms with E-state index in [0.717, 1.165) is 0 Å². The molecule has 0 bridgehead atoms. The number of carboxylic acids is 1. The molecule has 1 fully saturated rings. The molecule has 0 radical (unpaired) electrons.